The van der Waals surface area contributed by atoms with Gasteiger partial charge in [-0.2, -0.15) is 9.37 Å². The highest BCUT2D eigenvalue weighted by molar-refractivity contribution is 6.34. The van der Waals surface area contributed by atoms with Crippen molar-refractivity contribution >= 4 is 29.2 Å². The van der Waals surface area contributed by atoms with Crippen molar-refractivity contribution in [3.05, 3.63) is 40.3 Å². The van der Waals surface area contributed by atoms with Gasteiger partial charge in [-0.25, -0.2) is 10.8 Å². The van der Waals surface area contributed by atoms with Crippen LogP contribution in [0.1, 0.15) is 0 Å². The van der Waals surface area contributed by atoms with Crippen LogP contribution in [0, 0.1) is 5.82 Å². The molecule has 18 heavy (non-hydrogen) atoms. The summed E-state index contributed by atoms with van der Waals surface area (Å²) in [5.41, 5.74) is 2.18. The highest BCUT2D eigenvalue weighted by Crippen LogP contribution is 2.28. The molecule has 0 fully saturated rings. The molecule has 0 unspecified atom stereocenters. The number of rotatable bonds is 3. The number of anilines is 1. The minimum Gasteiger partial charge on any atom is -0.436 e. The van der Waals surface area contributed by atoms with E-state index in [-0.39, 0.29) is 17.6 Å². The van der Waals surface area contributed by atoms with Crippen LogP contribution in [0.5, 0.6) is 11.6 Å². The van der Waals surface area contributed by atoms with Crippen molar-refractivity contribution in [1.82, 2.24) is 9.97 Å². The molecule has 0 saturated carbocycles. The van der Waals surface area contributed by atoms with E-state index in [1.54, 1.807) is 0 Å². The summed E-state index contributed by atoms with van der Waals surface area (Å²) in [4.78, 5) is 7.29. The van der Waals surface area contributed by atoms with Crippen LogP contribution in [0.2, 0.25) is 10.0 Å². The number of nitrogens with two attached hydrogens (primary N) is 1. The molecule has 2 rings (SSSR count). The summed E-state index contributed by atoms with van der Waals surface area (Å²) in [6.45, 7) is 0. The number of nitrogens with one attached hydrogen (secondary N) is 1. The first-order valence-electron chi connectivity index (χ1n) is 4.71. The third-order valence-electron chi connectivity index (χ3n) is 1.89. The van der Waals surface area contributed by atoms with Crippen LogP contribution in [-0.4, -0.2) is 9.97 Å². The maximum absolute atomic E-state index is 13.4. The molecule has 0 aliphatic carbocycles. The molecule has 1 aromatic heterocycles. The van der Waals surface area contributed by atoms with Gasteiger partial charge in [-0.15, -0.1) is 0 Å². The number of hydrogen-bond donors (Lipinski definition) is 2. The SMILES string of the molecule is NNc1ncc(F)c(Oc2cc(Cl)cc(Cl)c2)n1. The molecular formula is C10H7Cl2FN4O. The van der Waals surface area contributed by atoms with Crippen LogP contribution in [0.3, 0.4) is 0 Å². The Hall–Kier alpha value is -1.63. The van der Waals surface area contributed by atoms with Gasteiger partial charge in [0.1, 0.15) is 5.75 Å². The second-order valence-corrected chi connectivity index (χ2v) is 4.07. The first-order chi connectivity index (χ1) is 8.58. The van der Waals surface area contributed by atoms with Gasteiger partial charge in [-0.3, -0.25) is 5.43 Å². The van der Waals surface area contributed by atoms with Crippen molar-refractivity contribution in [2.75, 3.05) is 5.43 Å². The largest absolute Gasteiger partial charge is 0.436 e. The molecule has 0 atom stereocenters. The number of halogens is 3. The summed E-state index contributed by atoms with van der Waals surface area (Å²) >= 11 is 11.6. The van der Waals surface area contributed by atoms with Crippen LogP contribution in [0.25, 0.3) is 0 Å². The fourth-order valence-electron chi connectivity index (χ4n) is 1.19. The Bertz CT molecular complexity index is 562. The highest BCUT2D eigenvalue weighted by atomic mass is 35.5. The first kappa shape index (κ1) is 12.8. The Kier molecular flexibility index (Phi) is 3.81. The molecule has 0 aliphatic rings. The van der Waals surface area contributed by atoms with Gasteiger partial charge in [0, 0.05) is 10.0 Å². The van der Waals surface area contributed by atoms with E-state index in [1.165, 1.54) is 18.2 Å². The number of hydrazine groups is 1. The molecule has 8 heteroatoms. The zero-order valence-corrected chi connectivity index (χ0v) is 10.3. The Labute approximate surface area is 112 Å². The number of nitrogens with zero attached hydrogens (tertiary/aromatic N) is 2. The molecule has 0 bridgehead atoms. The van der Waals surface area contributed by atoms with E-state index >= 15 is 0 Å². The molecule has 0 aliphatic heterocycles. The molecule has 0 amide bonds. The lowest BCUT2D eigenvalue weighted by molar-refractivity contribution is 0.420. The molecule has 0 spiro atoms. The average Bonchev–Trinajstić information content (AvgIpc) is 2.30. The number of benzene rings is 1. The molecule has 0 radical (unpaired) electrons. The number of aromatic nitrogens is 2. The first-order valence-corrected chi connectivity index (χ1v) is 5.47. The summed E-state index contributed by atoms with van der Waals surface area (Å²) in [6, 6.07) is 4.48. The fourth-order valence-corrected chi connectivity index (χ4v) is 1.70. The van der Waals surface area contributed by atoms with Crippen molar-refractivity contribution in [1.29, 1.82) is 0 Å². The Morgan fingerprint density at radius 1 is 1.22 bits per heavy atom. The lowest BCUT2D eigenvalue weighted by atomic mass is 10.3. The normalized spacial score (nSPS) is 10.2. The summed E-state index contributed by atoms with van der Waals surface area (Å²) in [6.07, 6.45) is 0.934. The summed E-state index contributed by atoms with van der Waals surface area (Å²) < 4.78 is 18.6. The molecule has 94 valence electrons. The summed E-state index contributed by atoms with van der Waals surface area (Å²) in [5.74, 6) is 4.39. The number of hydrogen-bond acceptors (Lipinski definition) is 5. The summed E-state index contributed by atoms with van der Waals surface area (Å²) in [7, 11) is 0. The second-order valence-electron chi connectivity index (χ2n) is 3.20. The number of ether oxygens (including phenoxy) is 1. The third kappa shape index (κ3) is 2.98. The van der Waals surface area contributed by atoms with E-state index in [2.05, 4.69) is 15.4 Å². The predicted molar refractivity (Wildman–Crippen MR) is 66.3 cm³/mol. The lowest BCUT2D eigenvalue weighted by Gasteiger charge is -2.07. The van der Waals surface area contributed by atoms with Gasteiger partial charge in [-0.05, 0) is 18.2 Å². The van der Waals surface area contributed by atoms with Gasteiger partial charge >= 0.3 is 0 Å². The van der Waals surface area contributed by atoms with Crippen LogP contribution >= 0.6 is 23.2 Å². The summed E-state index contributed by atoms with van der Waals surface area (Å²) in [5, 5.41) is 0.730. The van der Waals surface area contributed by atoms with Crippen molar-refractivity contribution in [3.63, 3.8) is 0 Å². The van der Waals surface area contributed by atoms with E-state index in [0.717, 1.165) is 6.20 Å². The molecule has 3 N–H and O–H groups in total. The van der Waals surface area contributed by atoms with E-state index in [9.17, 15) is 4.39 Å². The van der Waals surface area contributed by atoms with Crippen molar-refractivity contribution in [2.24, 2.45) is 5.84 Å². The Balaban J connectivity index is 2.33. The van der Waals surface area contributed by atoms with Crippen LogP contribution in [-0.2, 0) is 0 Å². The molecule has 0 saturated heterocycles. The van der Waals surface area contributed by atoms with Gasteiger partial charge in [0.15, 0.2) is 0 Å². The average molecular weight is 289 g/mol. The topological polar surface area (TPSA) is 73.1 Å². The zero-order chi connectivity index (χ0) is 13.1. The highest BCUT2D eigenvalue weighted by Gasteiger charge is 2.10. The van der Waals surface area contributed by atoms with Gasteiger partial charge in [0.2, 0.25) is 11.8 Å². The molecule has 1 heterocycles. The fraction of sp³-hybridized carbons (Fsp3) is 0. The Morgan fingerprint density at radius 3 is 2.50 bits per heavy atom. The molecular weight excluding hydrogens is 282 g/mol. The van der Waals surface area contributed by atoms with Gasteiger partial charge in [0.05, 0.1) is 6.20 Å². The van der Waals surface area contributed by atoms with E-state index in [0.29, 0.717) is 10.0 Å². The Morgan fingerprint density at radius 2 is 1.89 bits per heavy atom. The number of nitrogen functional groups attached to an aromatic ring is 1. The minimum atomic E-state index is -0.731. The second kappa shape index (κ2) is 5.34. The molecule has 5 nitrogen and oxygen atoms in total. The molecule has 1 aromatic carbocycles. The van der Waals surface area contributed by atoms with Gasteiger partial charge in [0.25, 0.3) is 5.88 Å². The predicted octanol–water partition coefficient (Wildman–Crippen LogP) is 3.00. The minimum absolute atomic E-state index is 0.0273. The van der Waals surface area contributed by atoms with Crippen LogP contribution < -0.4 is 16.0 Å². The van der Waals surface area contributed by atoms with Gasteiger partial charge < -0.3 is 4.74 Å². The van der Waals surface area contributed by atoms with E-state index < -0.39 is 5.82 Å². The lowest BCUT2D eigenvalue weighted by Crippen LogP contribution is -2.11. The van der Waals surface area contributed by atoms with Crippen molar-refractivity contribution < 1.29 is 9.13 Å². The van der Waals surface area contributed by atoms with Crippen LogP contribution in [0.15, 0.2) is 24.4 Å². The van der Waals surface area contributed by atoms with Crippen LogP contribution in [0.4, 0.5) is 10.3 Å². The zero-order valence-electron chi connectivity index (χ0n) is 8.82. The third-order valence-corrected chi connectivity index (χ3v) is 2.33. The monoisotopic (exact) mass is 288 g/mol. The maximum Gasteiger partial charge on any atom is 0.260 e. The van der Waals surface area contributed by atoms with Crippen molar-refractivity contribution in [3.8, 4) is 11.6 Å². The van der Waals surface area contributed by atoms with Gasteiger partial charge in [-0.1, -0.05) is 23.2 Å². The maximum atomic E-state index is 13.4. The van der Waals surface area contributed by atoms with Crippen molar-refractivity contribution in [2.45, 2.75) is 0 Å². The smallest absolute Gasteiger partial charge is 0.260 e. The quantitative estimate of drug-likeness (QED) is 0.671. The van der Waals surface area contributed by atoms with E-state index in [1.807, 2.05) is 0 Å². The standard InChI is InChI=1S/C10H7Cl2FN4O/c11-5-1-6(12)3-7(2-5)18-9-8(13)4-15-10(16-9)17-14/h1-4H,14H2,(H,15,16,17). The van der Waals surface area contributed by atoms with E-state index in [4.69, 9.17) is 33.8 Å². The molecule has 2 aromatic rings.